The van der Waals surface area contributed by atoms with Crippen LogP contribution in [0.2, 0.25) is 0 Å². The van der Waals surface area contributed by atoms with Crippen LogP contribution in [0.15, 0.2) is 11.0 Å². The van der Waals surface area contributed by atoms with Crippen molar-refractivity contribution in [3.63, 3.8) is 0 Å². The Morgan fingerprint density at radius 1 is 1.11 bits per heavy atom. The predicted octanol–water partition coefficient (Wildman–Crippen LogP) is 3.64. The summed E-state index contributed by atoms with van der Waals surface area (Å²) in [5.74, 6) is 0. The topological polar surface area (TPSA) is 34.9 Å². The molecular weight excluding hydrogens is 236 g/mol. The number of unbranched alkanes of at least 4 members (excludes halogenated alkanes) is 1. The smallest absolute Gasteiger partial charge is 0.267 e. The molecule has 0 atom stereocenters. The molecule has 0 aliphatic heterocycles. The van der Waals surface area contributed by atoms with Crippen molar-refractivity contribution < 1.29 is 0 Å². The van der Waals surface area contributed by atoms with E-state index in [1.165, 1.54) is 0 Å². The van der Waals surface area contributed by atoms with Crippen LogP contribution in [0.5, 0.6) is 0 Å². The summed E-state index contributed by atoms with van der Waals surface area (Å²) in [6.07, 6.45) is 3.95. The van der Waals surface area contributed by atoms with E-state index in [1.807, 2.05) is 6.20 Å². The maximum Gasteiger partial charge on any atom is 0.270 e. The van der Waals surface area contributed by atoms with Gasteiger partial charge >= 0.3 is 0 Å². The molecule has 0 unspecified atom stereocenters. The average Bonchev–Trinajstić information content (AvgIpc) is 2.24. The van der Waals surface area contributed by atoms with Crippen molar-refractivity contribution in [2.45, 2.75) is 78.7 Å². The van der Waals surface area contributed by atoms with E-state index in [0.717, 1.165) is 24.0 Å². The summed E-state index contributed by atoms with van der Waals surface area (Å²) < 4.78 is 1.62. The third kappa shape index (κ3) is 3.68. The zero-order valence-electron chi connectivity index (χ0n) is 13.5. The van der Waals surface area contributed by atoms with Crippen molar-refractivity contribution in [2.24, 2.45) is 0 Å². The summed E-state index contributed by atoms with van der Waals surface area (Å²) in [5, 5.41) is 4.36. The van der Waals surface area contributed by atoms with Gasteiger partial charge in [0.15, 0.2) is 0 Å². The van der Waals surface area contributed by atoms with Gasteiger partial charge in [-0.25, -0.2) is 4.68 Å². The minimum Gasteiger partial charge on any atom is -0.267 e. The number of aromatic nitrogens is 2. The number of aryl methyl sites for hydroxylation is 1. The van der Waals surface area contributed by atoms with Crippen LogP contribution in [-0.4, -0.2) is 9.78 Å². The number of rotatable bonds is 3. The Morgan fingerprint density at radius 2 is 1.68 bits per heavy atom. The van der Waals surface area contributed by atoms with E-state index in [9.17, 15) is 4.79 Å². The average molecular weight is 264 g/mol. The Balaban J connectivity index is 3.47. The Bertz CT molecular complexity index is 487. The van der Waals surface area contributed by atoms with E-state index in [1.54, 1.807) is 4.68 Å². The summed E-state index contributed by atoms with van der Waals surface area (Å²) in [6.45, 7) is 15.5. The molecule has 1 aromatic rings. The van der Waals surface area contributed by atoms with Crippen LogP contribution in [0.1, 0.15) is 72.4 Å². The SMILES string of the molecule is CCCCn1ncc(C(C)(C)C)c(C(C)(C)C)c1=O. The highest BCUT2D eigenvalue weighted by Gasteiger charge is 2.29. The van der Waals surface area contributed by atoms with Crippen molar-refractivity contribution in [3.05, 3.63) is 27.7 Å². The normalized spacial score (nSPS) is 12.8. The van der Waals surface area contributed by atoms with E-state index >= 15 is 0 Å². The van der Waals surface area contributed by atoms with Crippen LogP contribution in [0.25, 0.3) is 0 Å². The summed E-state index contributed by atoms with van der Waals surface area (Å²) in [5.41, 5.74) is 1.84. The lowest BCUT2D eigenvalue weighted by atomic mass is 9.77. The van der Waals surface area contributed by atoms with Crippen LogP contribution in [0.4, 0.5) is 0 Å². The molecule has 0 saturated heterocycles. The van der Waals surface area contributed by atoms with Gasteiger partial charge < -0.3 is 0 Å². The van der Waals surface area contributed by atoms with E-state index in [2.05, 4.69) is 53.6 Å². The quantitative estimate of drug-likeness (QED) is 0.835. The van der Waals surface area contributed by atoms with Crippen molar-refractivity contribution >= 4 is 0 Å². The molecule has 1 rings (SSSR count). The monoisotopic (exact) mass is 264 g/mol. The van der Waals surface area contributed by atoms with E-state index in [-0.39, 0.29) is 16.4 Å². The first-order valence-corrected chi connectivity index (χ1v) is 7.20. The Kier molecular flexibility index (Phi) is 4.59. The third-order valence-corrected chi connectivity index (χ3v) is 3.33. The van der Waals surface area contributed by atoms with Crippen LogP contribution in [0, 0.1) is 0 Å². The first kappa shape index (κ1) is 15.9. The molecule has 3 nitrogen and oxygen atoms in total. The van der Waals surface area contributed by atoms with Gasteiger partial charge in [-0.1, -0.05) is 54.9 Å². The van der Waals surface area contributed by atoms with Crippen LogP contribution >= 0.6 is 0 Å². The zero-order valence-corrected chi connectivity index (χ0v) is 13.5. The standard InChI is InChI=1S/C16H28N2O/c1-8-9-10-18-14(19)13(16(5,6)7)12(11-17-18)15(2,3)4/h11H,8-10H2,1-7H3. The summed E-state index contributed by atoms with van der Waals surface area (Å²) >= 11 is 0. The van der Waals surface area contributed by atoms with Gasteiger partial charge in [0.25, 0.3) is 5.56 Å². The third-order valence-electron chi connectivity index (χ3n) is 3.33. The van der Waals surface area contributed by atoms with Gasteiger partial charge in [0.05, 0.1) is 6.20 Å². The van der Waals surface area contributed by atoms with Gasteiger partial charge in [-0.2, -0.15) is 5.10 Å². The molecule has 108 valence electrons. The highest BCUT2D eigenvalue weighted by atomic mass is 16.1. The maximum absolute atomic E-state index is 12.7. The Hall–Kier alpha value is -1.12. The molecule has 3 heteroatoms. The molecule has 0 N–H and O–H groups in total. The lowest BCUT2D eigenvalue weighted by Gasteiger charge is -2.29. The Labute approximate surface area is 117 Å². The highest BCUT2D eigenvalue weighted by molar-refractivity contribution is 5.33. The molecule has 1 aromatic heterocycles. The molecule has 0 aliphatic carbocycles. The van der Waals surface area contributed by atoms with Crippen LogP contribution in [0.3, 0.4) is 0 Å². The van der Waals surface area contributed by atoms with Gasteiger partial charge in [0.2, 0.25) is 0 Å². The molecule has 0 aliphatic rings. The van der Waals surface area contributed by atoms with Crippen molar-refractivity contribution in [1.82, 2.24) is 9.78 Å². The largest absolute Gasteiger partial charge is 0.270 e. The second-order valence-corrected chi connectivity index (χ2v) is 7.32. The molecule has 0 amide bonds. The predicted molar refractivity (Wildman–Crippen MR) is 80.8 cm³/mol. The summed E-state index contributed by atoms with van der Waals surface area (Å²) in [4.78, 5) is 12.7. The second-order valence-electron chi connectivity index (χ2n) is 7.32. The van der Waals surface area contributed by atoms with Gasteiger partial charge in [-0.15, -0.1) is 0 Å². The second kappa shape index (κ2) is 5.48. The number of hydrogen-bond donors (Lipinski definition) is 0. The van der Waals surface area contributed by atoms with E-state index in [0.29, 0.717) is 6.54 Å². The molecule has 0 saturated carbocycles. The van der Waals surface area contributed by atoms with Gasteiger partial charge in [-0.05, 0) is 22.8 Å². The molecule has 0 radical (unpaired) electrons. The van der Waals surface area contributed by atoms with Gasteiger partial charge in [0.1, 0.15) is 0 Å². The molecular formula is C16H28N2O. The number of nitrogens with zero attached hydrogens (tertiary/aromatic N) is 2. The molecule has 0 bridgehead atoms. The van der Waals surface area contributed by atoms with E-state index < -0.39 is 0 Å². The summed E-state index contributed by atoms with van der Waals surface area (Å²) in [7, 11) is 0. The van der Waals surface area contributed by atoms with E-state index in [4.69, 9.17) is 0 Å². The molecule has 0 aromatic carbocycles. The van der Waals surface area contributed by atoms with Gasteiger partial charge in [-0.3, -0.25) is 4.79 Å². The minimum atomic E-state index is -0.156. The molecule has 19 heavy (non-hydrogen) atoms. The summed E-state index contributed by atoms with van der Waals surface area (Å²) in [6, 6.07) is 0. The van der Waals surface area contributed by atoms with Gasteiger partial charge in [0, 0.05) is 12.1 Å². The Morgan fingerprint density at radius 3 is 2.11 bits per heavy atom. The maximum atomic E-state index is 12.7. The number of hydrogen-bond acceptors (Lipinski definition) is 2. The zero-order chi connectivity index (χ0) is 14.8. The highest BCUT2D eigenvalue weighted by Crippen LogP contribution is 2.30. The molecule has 0 spiro atoms. The lowest BCUT2D eigenvalue weighted by Crippen LogP contribution is -2.36. The fourth-order valence-corrected chi connectivity index (χ4v) is 2.25. The first-order valence-electron chi connectivity index (χ1n) is 7.20. The fraction of sp³-hybridized carbons (Fsp3) is 0.750. The van der Waals surface area contributed by atoms with Crippen LogP contribution < -0.4 is 5.56 Å². The van der Waals surface area contributed by atoms with Crippen molar-refractivity contribution in [2.75, 3.05) is 0 Å². The molecule has 1 heterocycles. The lowest BCUT2D eigenvalue weighted by molar-refractivity contribution is 0.476. The van der Waals surface area contributed by atoms with Crippen molar-refractivity contribution in [3.8, 4) is 0 Å². The molecule has 0 fully saturated rings. The van der Waals surface area contributed by atoms with Crippen LogP contribution in [-0.2, 0) is 17.4 Å². The van der Waals surface area contributed by atoms with Crippen molar-refractivity contribution in [1.29, 1.82) is 0 Å². The minimum absolute atomic E-state index is 0.0569. The fourth-order valence-electron chi connectivity index (χ4n) is 2.25. The first-order chi connectivity index (χ1) is 8.59.